The second-order valence-corrected chi connectivity index (χ2v) is 4.72. The number of ether oxygens (including phenoxy) is 1. The zero-order chi connectivity index (χ0) is 15.9. The van der Waals surface area contributed by atoms with Crippen LogP contribution in [0.3, 0.4) is 0 Å². The molecular formula is C17H18N2O3. The van der Waals surface area contributed by atoms with Crippen LogP contribution in [0.5, 0.6) is 5.75 Å². The fourth-order valence-electron chi connectivity index (χ4n) is 2.04. The van der Waals surface area contributed by atoms with Crippen LogP contribution in [0.25, 0.3) is 0 Å². The summed E-state index contributed by atoms with van der Waals surface area (Å²) in [5, 5.41) is 2.76. The third-order valence-corrected chi connectivity index (χ3v) is 3.10. The first-order valence-electron chi connectivity index (χ1n) is 6.87. The third-order valence-electron chi connectivity index (χ3n) is 3.10. The lowest BCUT2D eigenvalue weighted by Crippen LogP contribution is -2.36. The standard InChI is InChI=1S/C17H18N2O3/c1-13(20)19(15-8-4-3-5-9-15)12-17(21)18-14-7-6-10-16(11-14)22-2/h3-11H,12H2,1-2H3,(H,18,21). The first-order chi connectivity index (χ1) is 10.6. The third kappa shape index (κ3) is 4.09. The molecule has 0 saturated heterocycles. The Morgan fingerprint density at radius 3 is 2.45 bits per heavy atom. The van der Waals surface area contributed by atoms with Crippen molar-refractivity contribution in [1.82, 2.24) is 0 Å². The van der Waals surface area contributed by atoms with Gasteiger partial charge >= 0.3 is 0 Å². The quantitative estimate of drug-likeness (QED) is 0.923. The molecular weight excluding hydrogens is 280 g/mol. The largest absolute Gasteiger partial charge is 0.497 e. The summed E-state index contributed by atoms with van der Waals surface area (Å²) >= 11 is 0. The molecule has 114 valence electrons. The van der Waals surface area contributed by atoms with Crippen molar-refractivity contribution in [1.29, 1.82) is 0 Å². The van der Waals surface area contributed by atoms with E-state index in [9.17, 15) is 9.59 Å². The Morgan fingerprint density at radius 1 is 1.09 bits per heavy atom. The van der Waals surface area contributed by atoms with Crippen LogP contribution in [0, 0.1) is 0 Å². The van der Waals surface area contributed by atoms with Crippen molar-refractivity contribution in [2.75, 3.05) is 23.9 Å². The van der Waals surface area contributed by atoms with Gasteiger partial charge in [0.1, 0.15) is 12.3 Å². The first-order valence-corrected chi connectivity index (χ1v) is 6.87. The molecule has 1 N–H and O–H groups in total. The second kappa shape index (κ2) is 7.26. The Kier molecular flexibility index (Phi) is 5.14. The number of benzene rings is 2. The predicted molar refractivity (Wildman–Crippen MR) is 86.1 cm³/mol. The molecule has 0 radical (unpaired) electrons. The monoisotopic (exact) mass is 298 g/mol. The van der Waals surface area contributed by atoms with E-state index in [1.54, 1.807) is 43.5 Å². The molecule has 2 aromatic carbocycles. The molecule has 0 aliphatic heterocycles. The predicted octanol–water partition coefficient (Wildman–Crippen LogP) is 2.69. The lowest BCUT2D eigenvalue weighted by Gasteiger charge is -2.20. The highest BCUT2D eigenvalue weighted by molar-refractivity contribution is 6.01. The average molecular weight is 298 g/mol. The van der Waals surface area contributed by atoms with Gasteiger partial charge in [-0.2, -0.15) is 0 Å². The van der Waals surface area contributed by atoms with E-state index in [2.05, 4.69) is 5.32 Å². The maximum Gasteiger partial charge on any atom is 0.244 e. The summed E-state index contributed by atoms with van der Waals surface area (Å²) in [4.78, 5) is 25.3. The zero-order valence-electron chi connectivity index (χ0n) is 12.6. The molecule has 0 saturated carbocycles. The molecule has 0 aliphatic rings. The van der Waals surface area contributed by atoms with Crippen LogP contribution in [0.1, 0.15) is 6.92 Å². The number of hydrogen-bond donors (Lipinski definition) is 1. The van der Waals surface area contributed by atoms with E-state index in [-0.39, 0.29) is 18.4 Å². The summed E-state index contributed by atoms with van der Waals surface area (Å²) in [6, 6.07) is 16.2. The molecule has 5 nitrogen and oxygen atoms in total. The molecule has 0 spiro atoms. The molecule has 22 heavy (non-hydrogen) atoms. The lowest BCUT2D eigenvalue weighted by atomic mass is 10.2. The number of anilines is 2. The van der Waals surface area contributed by atoms with E-state index < -0.39 is 0 Å². The molecule has 5 heteroatoms. The van der Waals surface area contributed by atoms with E-state index in [1.165, 1.54) is 11.8 Å². The number of rotatable bonds is 5. The van der Waals surface area contributed by atoms with Crippen LogP contribution < -0.4 is 15.0 Å². The molecule has 2 rings (SSSR count). The molecule has 0 fully saturated rings. The number of amides is 2. The van der Waals surface area contributed by atoms with Gasteiger partial charge < -0.3 is 15.0 Å². The van der Waals surface area contributed by atoms with Gasteiger partial charge in [-0.3, -0.25) is 9.59 Å². The number of para-hydroxylation sites is 1. The molecule has 2 aromatic rings. The van der Waals surface area contributed by atoms with Crippen molar-refractivity contribution in [2.24, 2.45) is 0 Å². The maximum atomic E-state index is 12.2. The number of nitrogens with zero attached hydrogens (tertiary/aromatic N) is 1. The normalized spacial score (nSPS) is 9.91. The maximum absolute atomic E-state index is 12.2. The average Bonchev–Trinajstić information content (AvgIpc) is 2.53. The van der Waals surface area contributed by atoms with Crippen LogP contribution in [0.15, 0.2) is 54.6 Å². The minimum absolute atomic E-state index is 0.0451. The Balaban J connectivity index is 2.07. The smallest absolute Gasteiger partial charge is 0.244 e. The van der Waals surface area contributed by atoms with Gasteiger partial charge in [-0.15, -0.1) is 0 Å². The van der Waals surface area contributed by atoms with Gasteiger partial charge in [0.2, 0.25) is 11.8 Å². The molecule has 0 atom stereocenters. The molecule has 0 aromatic heterocycles. The van der Waals surface area contributed by atoms with Crippen LogP contribution in [-0.2, 0) is 9.59 Å². The second-order valence-electron chi connectivity index (χ2n) is 4.72. The van der Waals surface area contributed by atoms with Gasteiger partial charge in [-0.1, -0.05) is 24.3 Å². The lowest BCUT2D eigenvalue weighted by molar-refractivity contribution is -0.120. The molecule has 0 bridgehead atoms. The van der Waals surface area contributed by atoms with Crippen molar-refractivity contribution in [3.8, 4) is 5.75 Å². The van der Waals surface area contributed by atoms with Crippen molar-refractivity contribution >= 4 is 23.2 Å². The van der Waals surface area contributed by atoms with Gasteiger partial charge in [0.25, 0.3) is 0 Å². The fraction of sp³-hybridized carbons (Fsp3) is 0.176. The molecule has 2 amide bonds. The summed E-state index contributed by atoms with van der Waals surface area (Å²) in [6.07, 6.45) is 0. The van der Waals surface area contributed by atoms with Gasteiger partial charge in [0.15, 0.2) is 0 Å². The SMILES string of the molecule is COc1cccc(NC(=O)CN(C(C)=O)c2ccccc2)c1. The van der Waals surface area contributed by atoms with Crippen LogP contribution in [0.2, 0.25) is 0 Å². The number of nitrogens with one attached hydrogen (secondary N) is 1. The first kappa shape index (κ1) is 15.6. The van der Waals surface area contributed by atoms with Crippen LogP contribution >= 0.6 is 0 Å². The summed E-state index contributed by atoms with van der Waals surface area (Å²) in [5.74, 6) is 0.198. The van der Waals surface area contributed by atoms with E-state index >= 15 is 0 Å². The summed E-state index contributed by atoms with van der Waals surface area (Å²) in [7, 11) is 1.56. The minimum Gasteiger partial charge on any atom is -0.497 e. The van der Waals surface area contributed by atoms with E-state index in [1.807, 2.05) is 18.2 Å². The van der Waals surface area contributed by atoms with E-state index in [0.29, 0.717) is 17.1 Å². The van der Waals surface area contributed by atoms with Gasteiger partial charge in [-0.05, 0) is 24.3 Å². The summed E-state index contributed by atoms with van der Waals surface area (Å²) in [6.45, 7) is 1.39. The van der Waals surface area contributed by atoms with Crippen molar-refractivity contribution in [2.45, 2.75) is 6.92 Å². The minimum atomic E-state index is -0.271. The number of methoxy groups -OCH3 is 1. The summed E-state index contributed by atoms with van der Waals surface area (Å²) < 4.78 is 5.11. The molecule has 0 heterocycles. The van der Waals surface area contributed by atoms with Gasteiger partial charge in [0.05, 0.1) is 7.11 Å². The topological polar surface area (TPSA) is 58.6 Å². The van der Waals surface area contributed by atoms with Gasteiger partial charge in [-0.25, -0.2) is 0 Å². The highest BCUT2D eigenvalue weighted by Crippen LogP contribution is 2.17. The van der Waals surface area contributed by atoms with E-state index in [4.69, 9.17) is 4.74 Å². The molecule has 0 unspecified atom stereocenters. The van der Waals surface area contributed by atoms with Crippen LogP contribution in [0.4, 0.5) is 11.4 Å². The zero-order valence-corrected chi connectivity index (χ0v) is 12.6. The van der Waals surface area contributed by atoms with E-state index in [0.717, 1.165) is 0 Å². The Morgan fingerprint density at radius 2 is 1.82 bits per heavy atom. The van der Waals surface area contributed by atoms with Crippen molar-refractivity contribution < 1.29 is 14.3 Å². The number of carbonyl (C=O) groups is 2. The highest BCUT2D eigenvalue weighted by Gasteiger charge is 2.15. The highest BCUT2D eigenvalue weighted by atomic mass is 16.5. The Hall–Kier alpha value is -2.82. The van der Waals surface area contributed by atoms with Crippen molar-refractivity contribution in [3.05, 3.63) is 54.6 Å². The van der Waals surface area contributed by atoms with Gasteiger partial charge in [0, 0.05) is 24.4 Å². The molecule has 0 aliphatic carbocycles. The Bertz CT molecular complexity index is 656. The fourth-order valence-corrected chi connectivity index (χ4v) is 2.04. The van der Waals surface area contributed by atoms with Crippen molar-refractivity contribution in [3.63, 3.8) is 0 Å². The number of hydrogen-bond acceptors (Lipinski definition) is 3. The number of carbonyl (C=O) groups excluding carboxylic acids is 2. The Labute approximate surface area is 129 Å². The van der Waals surface area contributed by atoms with Crippen LogP contribution in [-0.4, -0.2) is 25.5 Å². The summed E-state index contributed by atoms with van der Waals surface area (Å²) in [5.41, 5.74) is 1.32.